The summed E-state index contributed by atoms with van der Waals surface area (Å²) >= 11 is 0. The number of aromatic nitrogens is 6. The van der Waals surface area contributed by atoms with E-state index < -0.39 is 7.60 Å². The van der Waals surface area contributed by atoms with E-state index in [2.05, 4.69) is 25.3 Å². The topological polar surface area (TPSA) is 149 Å². The number of anilines is 1. The molecule has 1 unspecified atom stereocenters. The SMILES string of the molecule is CCOP(=O)([O-])Cn1cnc(-c2cccc(-c3cccc(C(=O)Nc4ncnc5ncn(COCc6ccccc6)c45)c3)c2)c1.[Na+]. The molecule has 3 heterocycles. The van der Waals surface area contributed by atoms with Crippen LogP contribution < -0.4 is 39.8 Å². The maximum atomic E-state index is 13.4. The molecule has 0 radical (unpaired) electrons. The molecule has 228 valence electrons. The van der Waals surface area contributed by atoms with Gasteiger partial charge in [-0.2, -0.15) is 0 Å². The third kappa shape index (κ3) is 8.04. The quantitative estimate of drug-likeness (QED) is 0.156. The third-order valence-electron chi connectivity index (χ3n) is 6.90. The largest absolute Gasteiger partial charge is 1.00 e. The Kier molecular flexibility index (Phi) is 10.9. The molecule has 0 saturated carbocycles. The number of imidazole rings is 2. The molecule has 0 fully saturated rings. The van der Waals surface area contributed by atoms with Crippen molar-refractivity contribution in [2.24, 2.45) is 0 Å². The van der Waals surface area contributed by atoms with Gasteiger partial charge in [-0.05, 0) is 41.8 Å². The summed E-state index contributed by atoms with van der Waals surface area (Å²) in [6, 6.07) is 24.7. The van der Waals surface area contributed by atoms with Gasteiger partial charge in [-0.25, -0.2) is 19.9 Å². The van der Waals surface area contributed by atoms with E-state index in [1.165, 1.54) is 17.2 Å². The van der Waals surface area contributed by atoms with Crippen molar-refractivity contribution in [3.63, 3.8) is 0 Å². The van der Waals surface area contributed by atoms with Gasteiger partial charge in [0.25, 0.3) is 5.91 Å². The van der Waals surface area contributed by atoms with Crippen LogP contribution in [-0.2, 0) is 33.4 Å². The number of rotatable bonds is 12. The summed E-state index contributed by atoms with van der Waals surface area (Å²) in [7, 11) is -4.00. The van der Waals surface area contributed by atoms with E-state index in [-0.39, 0.29) is 55.1 Å². The van der Waals surface area contributed by atoms with Crippen molar-refractivity contribution >= 4 is 30.5 Å². The number of hydrogen-bond donors (Lipinski definition) is 1. The van der Waals surface area contributed by atoms with E-state index >= 15 is 0 Å². The molecule has 46 heavy (non-hydrogen) atoms. The Bertz CT molecular complexity index is 2000. The smallest absolute Gasteiger partial charge is 0.777 e. The first kappa shape index (κ1) is 33.4. The standard InChI is InChI=1S/C32H30N7O5P.Na/c1-2-44-45(41,42)22-38-16-28(35-19-38)26-12-6-10-24(14-26)25-11-7-13-27(15-25)32(40)37-31-29-30(33-18-34-31)36-20-39(29)21-43-17-23-8-4-3-5-9-23;/h3-16,18-20H,2,17,21-22H2,1H3,(H,41,42)(H,33,34,37,40);/q;+1/p-1. The maximum Gasteiger partial charge on any atom is 1.00 e. The summed E-state index contributed by atoms with van der Waals surface area (Å²) in [5, 5.41) is 2.90. The zero-order chi connectivity index (χ0) is 31.2. The van der Waals surface area contributed by atoms with Gasteiger partial charge in [-0.1, -0.05) is 60.7 Å². The summed E-state index contributed by atoms with van der Waals surface area (Å²) in [6.45, 7) is 2.33. The maximum absolute atomic E-state index is 13.4. The fraction of sp³-hybridized carbons (Fsp3) is 0.156. The zero-order valence-electron chi connectivity index (χ0n) is 25.3. The van der Waals surface area contributed by atoms with E-state index in [1.54, 1.807) is 36.1 Å². The number of ether oxygens (including phenoxy) is 1. The van der Waals surface area contributed by atoms with Crippen LogP contribution in [0.1, 0.15) is 22.8 Å². The van der Waals surface area contributed by atoms with Gasteiger partial charge < -0.3 is 33.2 Å². The summed E-state index contributed by atoms with van der Waals surface area (Å²) < 4.78 is 26.0. The van der Waals surface area contributed by atoms with Crippen LogP contribution in [0.2, 0.25) is 0 Å². The van der Waals surface area contributed by atoms with Gasteiger partial charge in [0.1, 0.15) is 18.6 Å². The van der Waals surface area contributed by atoms with Crippen molar-refractivity contribution < 1.29 is 53.1 Å². The van der Waals surface area contributed by atoms with Crippen LogP contribution in [0, 0.1) is 0 Å². The van der Waals surface area contributed by atoms with Gasteiger partial charge in [0.15, 0.2) is 19.1 Å². The molecular weight excluding hydrogens is 616 g/mol. The minimum Gasteiger partial charge on any atom is -0.777 e. The van der Waals surface area contributed by atoms with Gasteiger partial charge in [0.05, 0.1) is 37.8 Å². The number of nitrogens with one attached hydrogen (secondary N) is 1. The van der Waals surface area contributed by atoms with E-state index in [4.69, 9.17) is 9.26 Å². The first-order valence-electron chi connectivity index (χ1n) is 14.1. The summed E-state index contributed by atoms with van der Waals surface area (Å²) in [4.78, 5) is 42.7. The average Bonchev–Trinajstić information content (AvgIpc) is 3.69. The Morgan fingerprint density at radius 1 is 0.913 bits per heavy atom. The Morgan fingerprint density at radius 3 is 2.48 bits per heavy atom. The molecule has 6 rings (SSSR count). The molecule has 0 spiro atoms. The van der Waals surface area contributed by atoms with Crippen LogP contribution >= 0.6 is 7.60 Å². The third-order valence-corrected chi connectivity index (χ3v) is 8.22. The van der Waals surface area contributed by atoms with E-state index in [0.717, 1.165) is 22.3 Å². The first-order valence-corrected chi connectivity index (χ1v) is 15.9. The molecule has 3 aromatic heterocycles. The molecule has 3 aromatic carbocycles. The molecule has 1 atom stereocenters. The fourth-order valence-corrected chi connectivity index (χ4v) is 5.87. The van der Waals surface area contributed by atoms with Gasteiger partial charge in [0.2, 0.25) is 0 Å². The average molecular weight is 646 g/mol. The predicted octanol–water partition coefficient (Wildman–Crippen LogP) is 2.33. The Morgan fingerprint density at radius 2 is 1.67 bits per heavy atom. The van der Waals surface area contributed by atoms with Crippen LogP contribution in [0.4, 0.5) is 5.82 Å². The Balaban J connectivity index is 0.00000417. The first-order chi connectivity index (χ1) is 21.9. The van der Waals surface area contributed by atoms with Crippen LogP contribution in [-0.4, -0.2) is 41.6 Å². The summed E-state index contributed by atoms with van der Waals surface area (Å²) in [5.74, 6) is -0.0261. The van der Waals surface area contributed by atoms with Gasteiger partial charge in [0, 0.05) is 17.3 Å². The van der Waals surface area contributed by atoms with Crippen molar-refractivity contribution in [3.05, 3.63) is 115 Å². The molecule has 0 aliphatic carbocycles. The van der Waals surface area contributed by atoms with Crippen molar-refractivity contribution in [1.29, 1.82) is 0 Å². The summed E-state index contributed by atoms with van der Waals surface area (Å²) in [5.41, 5.74) is 5.55. The van der Waals surface area contributed by atoms with Crippen molar-refractivity contribution in [1.82, 2.24) is 29.1 Å². The molecule has 1 amide bonds. The number of hydrogen-bond acceptors (Lipinski definition) is 9. The zero-order valence-corrected chi connectivity index (χ0v) is 28.2. The summed E-state index contributed by atoms with van der Waals surface area (Å²) in [6.07, 6.45) is 5.78. The molecule has 0 aliphatic rings. The van der Waals surface area contributed by atoms with Gasteiger partial charge in [-0.15, -0.1) is 0 Å². The number of benzene rings is 3. The normalized spacial score (nSPS) is 12.4. The minimum absolute atomic E-state index is 0. The number of nitrogens with zero attached hydrogens (tertiary/aromatic N) is 6. The van der Waals surface area contributed by atoms with Crippen LogP contribution in [0.25, 0.3) is 33.5 Å². The molecule has 12 nitrogen and oxygen atoms in total. The molecule has 6 aromatic rings. The molecular formula is C32H29N7NaO5P. The second-order valence-electron chi connectivity index (χ2n) is 10.1. The predicted molar refractivity (Wildman–Crippen MR) is 167 cm³/mol. The van der Waals surface area contributed by atoms with Crippen LogP contribution in [0.15, 0.2) is 104 Å². The van der Waals surface area contributed by atoms with Crippen molar-refractivity contribution in [3.8, 4) is 22.4 Å². The van der Waals surface area contributed by atoms with E-state index in [0.29, 0.717) is 34.8 Å². The molecule has 1 N–H and O–H groups in total. The van der Waals surface area contributed by atoms with Gasteiger partial charge >= 0.3 is 29.6 Å². The minimum atomic E-state index is -4.00. The molecule has 0 aliphatic heterocycles. The second kappa shape index (κ2) is 15.1. The Hall–Kier alpha value is -4.00. The van der Waals surface area contributed by atoms with Crippen molar-refractivity contribution in [2.75, 3.05) is 11.9 Å². The monoisotopic (exact) mass is 645 g/mol. The molecule has 0 bridgehead atoms. The number of carbonyl (C=O) groups is 1. The van der Waals surface area contributed by atoms with Gasteiger partial charge in [-0.3, -0.25) is 4.79 Å². The fourth-order valence-electron chi connectivity index (χ4n) is 4.84. The number of carbonyl (C=O) groups excluding carboxylic acids is 1. The Labute approximate surface area is 287 Å². The molecule has 0 saturated heterocycles. The number of fused-ring (bicyclic) bond motifs is 1. The van der Waals surface area contributed by atoms with Crippen LogP contribution in [0.3, 0.4) is 0 Å². The van der Waals surface area contributed by atoms with Crippen molar-refractivity contribution in [2.45, 2.75) is 26.5 Å². The van der Waals surface area contributed by atoms with Crippen LogP contribution in [0.5, 0.6) is 0 Å². The second-order valence-corrected chi connectivity index (χ2v) is 11.9. The van der Waals surface area contributed by atoms with E-state index in [1.807, 2.05) is 66.7 Å². The molecule has 14 heteroatoms. The van der Waals surface area contributed by atoms with E-state index in [9.17, 15) is 14.3 Å². The number of amides is 1.